The Kier molecular flexibility index (Phi) is 13.5. The number of carbonyl (C=O) groups is 2. The fraction of sp³-hybridized carbons (Fsp3) is 0.889. The zero-order chi connectivity index (χ0) is 15.9. The lowest BCUT2D eigenvalue weighted by Crippen LogP contribution is -2.27. The Morgan fingerprint density at radius 2 is 1.24 bits per heavy atom. The number of carbonyl (C=O) groups excluding carboxylic acids is 2. The van der Waals surface area contributed by atoms with Crippen molar-refractivity contribution in [2.75, 3.05) is 13.6 Å². The van der Waals surface area contributed by atoms with E-state index in [1.54, 1.807) is 4.90 Å². The summed E-state index contributed by atoms with van der Waals surface area (Å²) in [6.07, 6.45) is 13.9. The summed E-state index contributed by atoms with van der Waals surface area (Å²) in [7, 11) is 1.84. The maximum Gasteiger partial charge on any atom is 0.222 e. The average molecular weight is 297 g/mol. The van der Waals surface area contributed by atoms with Gasteiger partial charge in [0.05, 0.1) is 0 Å². The minimum atomic E-state index is 0.0932. The Balaban J connectivity index is 3.33. The lowest BCUT2D eigenvalue weighted by atomic mass is 10.1. The first-order chi connectivity index (χ1) is 10.1. The van der Waals surface area contributed by atoms with Gasteiger partial charge in [0.2, 0.25) is 5.91 Å². The number of unbranched alkanes of at least 4 members (excludes halogenated alkanes) is 9. The molecule has 21 heavy (non-hydrogen) atoms. The fourth-order valence-electron chi connectivity index (χ4n) is 2.43. The predicted molar refractivity (Wildman–Crippen MR) is 89.4 cm³/mol. The van der Waals surface area contributed by atoms with Crippen LogP contribution in [0.25, 0.3) is 0 Å². The number of Topliss-reactive ketones (excluding diaryl/α,β-unsaturated/α-hetero) is 1. The Morgan fingerprint density at radius 1 is 0.762 bits per heavy atom. The van der Waals surface area contributed by atoms with E-state index < -0.39 is 0 Å². The highest BCUT2D eigenvalue weighted by Gasteiger charge is 2.08. The highest BCUT2D eigenvalue weighted by molar-refractivity contribution is 5.83. The summed E-state index contributed by atoms with van der Waals surface area (Å²) in [6.45, 7) is 4.62. The molecule has 0 saturated carbocycles. The first kappa shape index (κ1) is 20.1. The van der Waals surface area contributed by atoms with E-state index in [2.05, 4.69) is 6.92 Å². The van der Waals surface area contributed by atoms with Crippen molar-refractivity contribution < 1.29 is 9.59 Å². The molecule has 0 unspecified atom stereocenters. The smallest absolute Gasteiger partial charge is 0.222 e. The van der Waals surface area contributed by atoms with E-state index >= 15 is 0 Å². The van der Waals surface area contributed by atoms with Gasteiger partial charge in [-0.15, -0.1) is 0 Å². The Labute approximate surface area is 131 Å². The standard InChI is InChI=1S/C18H35NO2/c1-4-5-6-7-8-9-10-11-12-13-16-19(3)18(21)15-14-17(2)20/h4-16H2,1-3H3. The van der Waals surface area contributed by atoms with E-state index in [4.69, 9.17) is 0 Å². The second-order valence-corrected chi connectivity index (χ2v) is 6.20. The van der Waals surface area contributed by atoms with Crippen LogP contribution in [-0.2, 0) is 9.59 Å². The molecule has 1 amide bonds. The summed E-state index contributed by atoms with van der Waals surface area (Å²) in [6, 6.07) is 0. The summed E-state index contributed by atoms with van der Waals surface area (Å²) >= 11 is 0. The maximum atomic E-state index is 11.7. The van der Waals surface area contributed by atoms with Crippen LogP contribution in [0.4, 0.5) is 0 Å². The lowest BCUT2D eigenvalue weighted by Gasteiger charge is -2.16. The van der Waals surface area contributed by atoms with Crippen molar-refractivity contribution in [3.8, 4) is 0 Å². The van der Waals surface area contributed by atoms with Crippen LogP contribution in [-0.4, -0.2) is 30.2 Å². The summed E-state index contributed by atoms with van der Waals surface area (Å²) in [4.78, 5) is 24.3. The van der Waals surface area contributed by atoms with Gasteiger partial charge in [-0.1, -0.05) is 64.7 Å². The van der Waals surface area contributed by atoms with Crippen LogP contribution >= 0.6 is 0 Å². The molecule has 0 atom stereocenters. The van der Waals surface area contributed by atoms with E-state index in [1.807, 2.05) is 7.05 Å². The van der Waals surface area contributed by atoms with Gasteiger partial charge in [0.1, 0.15) is 5.78 Å². The molecule has 0 spiro atoms. The van der Waals surface area contributed by atoms with Gasteiger partial charge in [-0.3, -0.25) is 4.79 Å². The van der Waals surface area contributed by atoms with Gasteiger partial charge in [-0.2, -0.15) is 0 Å². The SMILES string of the molecule is CCCCCCCCCCCCN(C)C(=O)CCC(C)=O. The van der Waals surface area contributed by atoms with E-state index in [9.17, 15) is 9.59 Å². The number of hydrogen-bond donors (Lipinski definition) is 0. The molecule has 0 N–H and O–H groups in total. The maximum absolute atomic E-state index is 11.7. The first-order valence-electron chi connectivity index (χ1n) is 8.81. The minimum Gasteiger partial charge on any atom is -0.346 e. The number of nitrogens with zero attached hydrogens (tertiary/aromatic N) is 1. The van der Waals surface area contributed by atoms with Crippen molar-refractivity contribution in [1.29, 1.82) is 0 Å². The minimum absolute atomic E-state index is 0.0932. The van der Waals surface area contributed by atoms with Gasteiger partial charge >= 0.3 is 0 Å². The Bertz CT molecular complexity index is 276. The zero-order valence-corrected chi connectivity index (χ0v) is 14.5. The Morgan fingerprint density at radius 3 is 1.71 bits per heavy atom. The molecule has 0 heterocycles. The molecule has 0 aliphatic heterocycles. The third-order valence-corrected chi connectivity index (χ3v) is 3.96. The molecular formula is C18H35NO2. The van der Waals surface area contributed by atoms with Crippen LogP contribution in [0, 0.1) is 0 Å². The molecule has 0 aliphatic carbocycles. The van der Waals surface area contributed by atoms with Gasteiger partial charge in [0.25, 0.3) is 0 Å². The predicted octanol–water partition coefficient (Wildman–Crippen LogP) is 4.73. The molecule has 0 aromatic carbocycles. The third kappa shape index (κ3) is 13.9. The van der Waals surface area contributed by atoms with Gasteiger partial charge in [-0.05, 0) is 13.3 Å². The van der Waals surface area contributed by atoms with Crippen LogP contribution in [0.15, 0.2) is 0 Å². The molecule has 3 nitrogen and oxygen atoms in total. The quantitative estimate of drug-likeness (QED) is 0.434. The monoisotopic (exact) mass is 297 g/mol. The summed E-state index contributed by atoms with van der Waals surface area (Å²) < 4.78 is 0. The van der Waals surface area contributed by atoms with E-state index in [0.29, 0.717) is 12.8 Å². The van der Waals surface area contributed by atoms with Crippen LogP contribution in [0.2, 0.25) is 0 Å². The highest BCUT2D eigenvalue weighted by atomic mass is 16.2. The van der Waals surface area contributed by atoms with E-state index in [-0.39, 0.29) is 11.7 Å². The number of amides is 1. The molecular weight excluding hydrogens is 262 g/mol. The van der Waals surface area contributed by atoms with Crippen molar-refractivity contribution in [3.63, 3.8) is 0 Å². The second-order valence-electron chi connectivity index (χ2n) is 6.20. The first-order valence-corrected chi connectivity index (χ1v) is 8.81. The molecule has 0 bridgehead atoms. The topological polar surface area (TPSA) is 37.4 Å². The fourth-order valence-corrected chi connectivity index (χ4v) is 2.43. The van der Waals surface area contributed by atoms with Crippen molar-refractivity contribution in [2.45, 2.75) is 90.9 Å². The summed E-state index contributed by atoms with van der Waals surface area (Å²) in [5.74, 6) is 0.191. The normalized spacial score (nSPS) is 10.6. The number of rotatable bonds is 14. The van der Waals surface area contributed by atoms with E-state index in [1.165, 1.54) is 64.7 Å². The molecule has 0 radical (unpaired) electrons. The highest BCUT2D eigenvalue weighted by Crippen LogP contribution is 2.10. The molecule has 0 aromatic heterocycles. The second kappa shape index (κ2) is 14.1. The van der Waals surface area contributed by atoms with Gasteiger partial charge < -0.3 is 9.69 Å². The summed E-state index contributed by atoms with van der Waals surface area (Å²) in [5.41, 5.74) is 0. The third-order valence-electron chi connectivity index (χ3n) is 3.96. The van der Waals surface area contributed by atoms with Gasteiger partial charge in [0, 0.05) is 26.4 Å². The van der Waals surface area contributed by atoms with E-state index in [0.717, 1.165) is 13.0 Å². The molecule has 0 saturated heterocycles. The molecule has 0 aliphatic rings. The van der Waals surface area contributed by atoms with Crippen molar-refractivity contribution >= 4 is 11.7 Å². The molecule has 124 valence electrons. The van der Waals surface area contributed by atoms with Gasteiger partial charge in [0.15, 0.2) is 0 Å². The Hall–Kier alpha value is -0.860. The lowest BCUT2D eigenvalue weighted by molar-refractivity contribution is -0.131. The van der Waals surface area contributed by atoms with Crippen molar-refractivity contribution in [3.05, 3.63) is 0 Å². The van der Waals surface area contributed by atoms with Crippen molar-refractivity contribution in [2.24, 2.45) is 0 Å². The van der Waals surface area contributed by atoms with Crippen molar-refractivity contribution in [1.82, 2.24) is 4.90 Å². The molecule has 0 fully saturated rings. The van der Waals surface area contributed by atoms with Crippen LogP contribution in [0.3, 0.4) is 0 Å². The van der Waals surface area contributed by atoms with Crippen LogP contribution in [0.1, 0.15) is 90.9 Å². The largest absolute Gasteiger partial charge is 0.346 e. The van der Waals surface area contributed by atoms with Gasteiger partial charge in [-0.25, -0.2) is 0 Å². The number of hydrogen-bond acceptors (Lipinski definition) is 2. The van der Waals surface area contributed by atoms with Crippen LogP contribution in [0.5, 0.6) is 0 Å². The summed E-state index contributed by atoms with van der Waals surface area (Å²) in [5, 5.41) is 0. The number of ketones is 1. The zero-order valence-electron chi connectivity index (χ0n) is 14.5. The molecule has 0 rings (SSSR count). The van der Waals surface area contributed by atoms with Crippen LogP contribution < -0.4 is 0 Å². The molecule has 0 aromatic rings. The average Bonchev–Trinajstić information content (AvgIpc) is 2.46. The molecule has 3 heteroatoms.